The van der Waals surface area contributed by atoms with Crippen molar-refractivity contribution >= 4 is 11.6 Å². The smallest absolute Gasteiger partial charge is 0.246 e. The SMILES string of the molecule is NC1(C(=O)Nc2ccc(-c3ccn[nH]3)cc2)CCOC1. The van der Waals surface area contributed by atoms with Crippen LogP contribution in [0.25, 0.3) is 11.3 Å². The number of nitrogens with zero attached hydrogens (tertiary/aromatic N) is 1. The number of carbonyl (C=O) groups is 1. The van der Waals surface area contributed by atoms with Crippen LogP contribution >= 0.6 is 0 Å². The molecule has 0 bridgehead atoms. The molecule has 2 heterocycles. The van der Waals surface area contributed by atoms with E-state index in [1.807, 2.05) is 30.3 Å². The van der Waals surface area contributed by atoms with E-state index in [2.05, 4.69) is 15.5 Å². The Morgan fingerprint density at radius 1 is 1.35 bits per heavy atom. The number of aromatic amines is 1. The number of hydrogen-bond donors (Lipinski definition) is 3. The van der Waals surface area contributed by atoms with Gasteiger partial charge in [0.25, 0.3) is 0 Å². The van der Waals surface area contributed by atoms with E-state index in [4.69, 9.17) is 10.5 Å². The second kappa shape index (κ2) is 5.07. The minimum atomic E-state index is -0.915. The van der Waals surface area contributed by atoms with Crippen molar-refractivity contribution in [3.05, 3.63) is 36.5 Å². The largest absolute Gasteiger partial charge is 0.379 e. The number of anilines is 1. The summed E-state index contributed by atoms with van der Waals surface area (Å²) in [6.45, 7) is 0.799. The molecular weight excluding hydrogens is 256 g/mol. The van der Waals surface area contributed by atoms with Crippen LogP contribution in [0.2, 0.25) is 0 Å². The number of carbonyl (C=O) groups excluding carboxylic acids is 1. The third-order valence-corrected chi connectivity index (χ3v) is 3.46. The number of benzene rings is 1. The van der Waals surface area contributed by atoms with Gasteiger partial charge in [0.15, 0.2) is 0 Å². The number of nitrogens with one attached hydrogen (secondary N) is 2. The lowest BCUT2D eigenvalue weighted by Crippen LogP contribution is -2.51. The normalized spacial score (nSPS) is 21.9. The van der Waals surface area contributed by atoms with Crippen molar-refractivity contribution in [2.75, 3.05) is 18.5 Å². The first-order valence-electron chi connectivity index (χ1n) is 6.45. The van der Waals surface area contributed by atoms with Crippen LogP contribution < -0.4 is 11.1 Å². The zero-order valence-corrected chi connectivity index (χ0v) is 10.9. The fourth-order valence-electron chi connectivity index (χ4n) is 2.17. The molecule has 0 saturated carbocycles. The first-order chi connectivity index (χ1) is 9.67. The van der Waals surface area contributed by atoms with Crippen molar-refractivity contribution in [3.63, 3.8) is 0 Å². The minimum Gasteiger partial charge on any atom is -0.379 e. The molecule has 6 nitrogen and oxygen atoms in total. The van der Waals surface area contributed by atoms with E-state index in [0.717, 1.165) is 16.9 Å². The minimum absolute atomic E-state index is 0.204. The number of rotatable bonds is 3. The predicted molar refractivity (Wildman–Crippen MR) is 75.0 cm³/mol. The molecule has 0 spiro atoms. The molecule has 4 N–H and O–H groups in total. The summed E-state index contributed by atoms with van der Waals surface area (Å²) < 4.78 is 5.19. The Balaban J connectivity index is 1.71. The molecule has 6 heteroatoms. The molecule has 1 unspecified atom stereocenters. The van der Waals surface area contributed by atoms with Gasteiger partial charge in [0.2, 0.25) is 5.91 Å². The van der Waals surface area contributed by atoms with Crippen LogP contribution in [0.5, 0.6) is 0 Å². The molecule has 1 saturated heterocycles. The molecule has 2 aromatic rings. The van der Waals surface area contributed by atoms with Crippen molar-refractivity contribution in [1.82, 2.24) is 10.2 Å². The summed E-state index contributed by atoms with van der Waals surface area (Å²) in [5, 5.41) is 9.62. The Hall–Kier alpha value is -2.18. The quantitative estimate of drug-likeness (QED) is 0.781. The molecule has 1 aromatic heterocycles. The van der Waals surface area contributed by atoms with Gasteiger partial charge in [-0.05, 0) is 30.2 Å². The molecule has 1 aliphatic heterocycles. The lowest BCUT2D eigenvalue weighted by atomic mass is 9.99. The van der Waals surface area contributed by atoms with Crippen LogP contribution in [-0.2, 0) is 9.53 Å². The summed E-state index contributed by atoms with van der Waals surface area (Å²) in [4.78, 5) is 12.1. The van der Waals surface area contributed by atoms with Gasteiger partial charge < -0.3 is 15.8 Å². The van der Waals surface area contributed by atoms with Crippen molar-refractivity contribution in [1.29, 1.82) is 0 Å². The number of H-pyrrole nitrogens is 1. The Morgan fingerprint density at radius 3 is 2.75 bits per heavy atom. The van der Waals surface area contributed by atoms with Crippen molar-refractivity contribution in [2.24, 2.45) is 5.73 Å². The molecular formula is C14H16N4O2. The first kappa shape index (κ1) is 12.8. The highest BCUT2D eigenvalue weighted by atomic mass is 16.5. The third-order valence-electron chi connectivity index (χ3n) is 3.46. The Labute approximate surface area is 116 Å². The van der Waals surface area contributed by atoms with Gasteiger partial charge >= 0.3 is 0 Å². The van der Waals surface area contributed by atoms with Crippen molar-refractivity contribution < 1.29 is 9.53 Å². The zero-order chi connectivity index (χ0) is 14.0. The number of hydrogen-bond acceptors (Lipinski definition) is 4. The zero-order valence-electron chi connectivity index (χ0n) is 10.9. The molecule has 3 rings (SSSR count). The first-order valence-corrected chi connectivity index (χ1v) is 6.45. The van der Waals surface area contributed by atoms with Crippen LogP contribution in [0.1, 0.15) is 6.42 Å². The van der Waals surface area contributed by atoms with Crippen LogP contribution in [0.15, 0.2) is 36.5 Å². The number of ether oxygens (including phenoxy) is 1. The third kappa shape index (κ3) is 2.43. The topological polar surface area (TPSA) is 93.0 Å². The van der Waals surface area contributed by atoms with Gasteiger partial charge in [-0.2, -0.15) is 5.10 Å². The van der Waals surface area contributed by atoms with E-state index in [1.54, 1.807) is 6.20 Å². The number of aromatic nitrogens is 2. The maximum absolute atomic E-state index is 12.1. The van der Waals surface area contributed by atoms with E-state index in [-0.39, 0.29) is 12.5 Å². The lowest BCUT2D eigenvalue weighted by molar-refractivity contribution is -0.121. The molecule has 1 fully saturated rings. The highest BCUT2D eigenvalue weighted by molar-refractivity contribution is 5.98. The predicted octanol–water partition coefficient (Wildman–Crippen LogP) is 1.13. The summed E-state index contributed by atoms with van der Waals surface area (Å²) >= 11 is 0. The van der Waals surface area contributed by atoms with Gasteiger partial charge in [-0.15, -0.1) is 0 Å². The summed E-state index contributed by atoms with van der Waals surface area (Å²) in [7, 11) is 0. The lowest BCUT2D eigenvalue weighted by Gasteiger charge is -2.20. The molecule has 1 atom stereocenters. The number of nitrogens with two attached hydrogens (primary N) is 1. The molecule has 0 radical (unpaired) electrons. The summed E-state index contributed by atoms with van der Waals surface area (Å²) in [5.41, 5.74) is 7.75. The highest BCUT2D eigenvalue weighted by Crippen LogP contribution is 2.21. The monoisotopic (exact) mass is 272 g/mol. The Morgan fingerprint density at radius 2 is 2.15 bits per heavy atom. The maximum Gasteiger partial charge on any atom is 0.246 e. The second-order valence-corrected chi connectivity index (χ2v) is 4.96. The summed E-state index contributed by atoms with van der Waals surface area (Å²) in [5.74, 6) is -0.204. The van der Waals surface area contributed by atoms with Gasteiger partial charge in [0, 0.05) is 18.5 Å². The van der Waals surface area contributed by atoms with E-state index >= 15 is 0 Å². The van der Waals surface area contributed by atoms with E-state index in [0.29, 0.717) is 13.0 Å². The van der Waals surface area contributed by atoms with Crippen molar-refractivity contribution in [2.45, 2.75) is 12.0 Å². The molecule has 0 aliphatic carbocycles. The van der Waals surface area contributed by atoms with Crippen molar-refractivity contribution in [3.8, 4) is 11.3 Å². The fraction of sp³-hybridized carbons (Fsp3) is 0.286. The molecule has 104 valence electrons. The number of amides is 1. The van der Waals surface area contributed by atoms with Crippen LogP contribution in [0.3, 0.4) is 0 Å². The van der Waals surface area contributed by atoms with Gasteiger partial charge in [0.1, 0.15) is 5.54 Å². The maximum atomic E-state index is 12.1. The van der Waals surface area contributed by atoms with E-state index < -0.39 is 5.54 Å². The standard InChI is InChI=1S/C14H16N4O2/c15-14(6-8-20-9-14)13(19)17-11-3-1-10(2-4-11)12-5-7-16-18-12/h1-5,7H,6,8-9,15H2,(H,16,18)(H,17,19). The fourth-order valence-corrected chi connectivity index (χ4v) is 2.17. The van der Waals surface area contributed by atoms with Crippen LogP contribution in [0.4, 0.5) is 5.69 Å². The summed E-state index contributed by atoms with van der Waals surface area (Å²) in [6, 6.07) is 9.40. The molecule has 20 heavy (non-hydrogen) atoms. The van der Waals surface area contributed by atoms with Gasteiger partial charge in [-0.1, -0.05) is 12.1 Å². The van der Waals surface area contributed by atoms with Gasteiger partial charge in [-0.25, -0.2) is 0 Å². The Bertz CT molecular complexity index is 586. The molecule has 1 aliphatic rings. The highest BCUT2D eigenvalue weighted by Gasteiger charge is 2.38. The van der Waals surface area contributed by atoms with E-state index in [1.165, 1.54) is 0 Å². The average molecular weight is 272 g/mol. The van der Waals surface area contributed by atoms with Crippen LogP contribution in [0, 0.1) is 0 Å². The van der Waals surface area contributed by atoms with Gasteiger partial charge in [0.05, 0.1) is 12.3 Å². The second-order valence-electron chi connectivity index (χ2n) is 4.96. The molecule has 1 aromatic carbocycles. The van der Waals surface area contributed by atoms with E-state index in [9.17, 15) is 4.79 Å². The summed E-state index contributed by atoms with van der Waals surface area (Å²) in [6.07, 6.45) is 2.24. The molecule has 1 amide bonds. The Kier molecular flexibility index (Phi) is 3.25. The van der Waals surface area contributed by atoms with Crippen LogP contribution in [-0.4, -0.2) is 34.9 Å². The van der Waals surface area contributed by atoms with Gasteiger partial charge in [-0.3, -0.25) is 9.89 Å². The average Bonchev–Trinajstić information content (AvgIpc) is 3.11.